The molecular formula is C16H40MnNO4-4. The summed E-state index contributed by atoms with van der Waals surface area (Å²) in [5, 5.41) is 0. The Morgan fingerprint density at radius 2 is 0.682 bits per heavy atom. The fourth-order valence-electron chi connectivity index (χ4n) is 0. The normalized spacial score (nSPS) is 8.05. The van der Waals surface area contributed by atoms with Crippen molar-refractivity contribution in [2.75, 3.05) is 0 Å². The minimum absolute atomic E-state index is 0. The zero-order valence-corrected chi connectivity index (χ0v) is 16.4. The van der Waals surface area contributed by atoms with Gasteiger partial charge in [-0.2, -0.15) is 25.7 Å². The molecule has 0 aliphatic rings. The zero-order chi connectivity index (χ0) is 18.2. The van der Waals surface area contributed by atoms with Crippen LogP contribution in [0, 0.1) is 27.7 Å². The van der Waals surface area contributed by atoms with E-state index in [4.69, 9.17) is 15.7 Å². The Balaban J connectivity index is -0.0000000361. The van der Waals surface area contributed by atoms with Gasteiger partial charge in [0.25, 0.3) is 0 Å². The van der Waals surface area contributed by atoms with Crippen LogP contribution in [-0.2, 0) is 24.5 Å². The topological polar surface area (TPSA) is 106 Å². The van der Waals surface area contributed by atoms with E-state index in [2.05, 4.69) is 55.4 Å². The molecule has 0 spiro atoms. The summed E-state index contributed by atoms with van der Waals surface area (Å²) in [6, 6.07) is 0. The first kappa shape index (κ1) is 37.8. The molecule has 4 N–H and O–H groups in total. The van der Waals surface area contributed by atoms with Crippen LogP contribution in [0.2, 0.25) is 0 Å². The van der Waals surface area contributed by atoms with E-state index in [0.717, 1.165) is 25.7 Å². The van der Waals surface area contributed by atoms with Crippen LogP contribution in [0.4, 0.5) is 0 Å². The van der Waals surface area contributed by atoms with Gasteiger partial charge in [0.05, 0.1) is 0 Å². The average molecular weight is 365 g/mol. The van der Waals surface area contributed by atoms with E-state index in [9.17, 15) is 0 Å². The van der Waals surface area contributed by atoms with Crippen molar-refractivity contribution in [2.24, 2.45) is 0 Å². The van der Waals surface area contributed by atoms with E-state index in [1.807, 2.05) is 0 Å². The van der Waals surface area contributed by atoms with Gasteiger partial charge in [-0.3, -0.25) is 0 Å². The van der Waals surface area contributed by atoms with Gasteiger partial charge in [0.15, 0.2) is 0 Å². The predicted molar refractivity (Wildman–Crippen MR) is 90.4 cm³/mol. The molecule has 22 heavy (non-hydrogen) atoms. The van der Waals surface area contributed by atoms with Crippen molar-refractivity contribution in [3.63, 3.8) is 0 Å². The van der Waals surface area contributed by atoms with Crippen LogP contribution >= 0.6 is 0 Å². The molecule has 0 atom stereocenters. The van der Waals surface area contributed by atoms with Gasteiger partial charge < -0.3 is 33.8 Å². The SMILES string of the molecule is N.[CH2-]CCC.[CH2-]CCC.[CH2-]CCC.[CH2-]CCC.[O]=[Mn](=[O])(=[O])[OH]. The first-order valence-electron chi connectivity index (χ1n) is 7.46. The van der Waals surface area contributed by atoms with Gasteiger partial charge in [0.1, 0.15) is 0 Å². The summed E-state index contributed by atoms with van der Waals surface area (Å²) < 4.78 is 33.1. The quantitative estimate of drug-likeness (QED) is 0.489. The average Bonchev–Trinajstić information content (AvgIpc) is 2.45. The molecule has 0 aromatic heterocycles. The molecule has 0 heterocycles. The van der Waals surface area contributed by atoms with Crippen molar-refractivity contribution in [3.8, 4) is 0 Å². The van der Waals surface area contributed by atoms with Gasteiger partial charge in [-0.25, -0.2) is 0 Å². The van der Waals surface area contributed by atoms with E-state index < -0.39 is 13.0 Å². The summed E-state index contributed by atoms with van der Waals surface area (Å²) >= 11 is -5.38. The molecule has 0 aliphatic heterocycles. The van der Waals surface area contributed by atoms with E-state index in [0.29, 0.717) is 0 Å². The molecule has 5 nitrogen and oxygen atoms in total. The number of rotatable bonds is 4. The van der Waals surface area contributed by atoms with E-state index in [1.165, 1.54) is 25.7 Å². The molecule has 0 aromatic rings. The van der Waals surface area contributed by atoms with Gasteiger partial charge >= 0.3 is 28.7 Å². The molecule has 0 saturated carbocycles. The Hall–Kier alpha value is -0.161. The van der Waals surface area contributed by atoms with Crippen LogP contribution in [0.3, 0.4) is 0 Å². The molecule has 0 rings (SSSR count). The maximum atomic E-state index is 8.69. The van der Waals surface area contributed by atoms with Crippen molar-refractivity contribution in [1.29, 1.82) is 0 Å². The molecule has 0 aromatic carbocycles. The third kappa shape index (κ3) is 478. The second-order valence-corrected chi connectivity index (χ2v) is 5.05. The van der Waals surface area contributed by atoms with Crippen LogP contribution < -0.4 is 6.15 Å². The Morgan fingerprint density at radius 3 is 0.682 bits per heavy atom. The summed E-state index contributed by atoms with van der Waals surface area (Å²) in [4.78, 5) is 0. The Kier molecular flexibility index (Phi) is 73.6. The van der Waals surface area contributed by atoms with Crippen LogP contribution in [0.15, 0.2) is 0 Å². The van der Waals surface area contributed by atoms with Gasteiger partial charge in [-0.05, 0) is 0 Å². The molecule has 0 bridgehead atoms. The van der Waals surface area contributed by atoms with Gasteiger partial charge in [0.2, 0.25) is 0 Å². The Labute approximate surface area is 142 Å². The van der Waals surface area contributed by atoms with E-state index in [1.54, 1.807) is 0 Å². The van der Waals surface area contributed by atoms with Crippen LogP contribution in [0.5, 0.6) is 0 Å². The molecule has 0 aliphatic carbocycles. The van der Waals surface area contributed by atoms with Gasteiger partial charge in [-0.15, -0.1) is 0 Å². The van der Waals surface area contributed by atoms with Crippen molar-refractivity contribution >= 4 is 0 Å². The monoisotopic (exact) mass is 365 g/mol. The van der Waals surface area contributed by atoms with Crippen molar-refractivity contribution < 1.29 is 28.7 Å². The molecular weight excluding hydrogens is 325 g/mol. The number of unbranched alkanes of at least 4 members (excludes halogenated alkanes) is 4. The van der Waals surface area contributed by atoms with Gasteiger partial charge in [0, 0.05) is 0 Å². The van der Waals surface area contributed by atoms with Crippen LogP contribution in [-0.4, -0.2) is 4.19 Å². The molecule has 0 fully saturated rings. The molecule has 0 saturated heterocycles. The third-order valence-corrected chi connectivity index (χ3v) is 1.41. The Morgan fingerprint density at radius 1 is 0.636 bits per heavy atom. The summed E-state index contributed by atoms with van der Waals surface area (Å²) in [6.45, 7) is 22.9. The Bertz CT molecular complexity index is 221. The minimum atomic E-state index is -5.38. The third-order valence-electron chi connectivity index (χ3n) is 1.41. The molecule has 0 unspecified atom stereocenters. The second kappa shape index (κ2) is 42.8. The van der Waals surface area contributed by atoms with Crippen LogP contribution in [0.1, 0.15) is 79.1 Å². The number of hydrogen-bond donors (Lipinski definition) is 2. The first-order valence-corrected chi connectivity index (χ1v) is 9.43. The summed E-state index contributed by atoms with van der Waals surface area (Å²) in [5.74, 6) is 0. The standard InChI is InChI=1S/4C4H9.Mn.H3N.H2O.3O/c4*1-3-4-2;;;;;;/h4*1,3-4H2,2H3;;1H3;1H2;;;/q4*-1;+1;;;;;/p-1. The molecule has 144 valence electrons. The number of hydrogen-bond acceptors (Lipinski definition) is 4. The van der Waals surface area contributed by atoms with Crippen molar-refractivity contribution in [1.82, 2.24) is 6.15 Å². The first-order chi connectivity index (χ1) is 9.66. The molecule has 0 radical (unpaired) electrons. The maximum absolute atomic E-state index is 8.69. The van der Waals surface area contributed by atoms with Crippen LogP contribution in [0.25, 0.3) is 0 Å². The van der Waals surface area contributed by atoms with Crippen molar-refractivity contribution in [3.05, 3.63) is 27.7 Å². The second-order valence-electron chi connectivity index (χ2n) is 3.81. The predicted octanol–water partition coefficient (Wildman–Crippen LogP) is 5.73. The zero-order valence-electron chi connectivity index (χ0n) is 15.2. The fourth-order valence-corrected chi connectivity index (χ4v) is 0. The summed E-state index contributed by atoms with van der Waals surface area (Å²) in [5.41, 5.74) is 0. The van der Waals surface area contributed by atoms with Crippen molar-refractivity contribution in [2.45, 2.75) is 79.1 Å². The summed E-state index contributed by atoms with van der Waals surface area (Å²) in [6.07, 6.45) is 9.11. The molecule has 0 amide bonds. The van der Waals surface area contributed by atoms with E-state index in [-0.39, 0.29) is 6.15 Å². The fraction of sp³-hybridized carbons (Fsp3) is 0.750. The van der Waals surface area contributed by atoms with E-state index >= 15 is 0 Å². The molecule has 6 heteroatoms. The summed E-state index contributed by atoms with van der Waals surface area (Å²) in [7, 11) is 0. The van der Waals surface area contributed by atoms with Gasteiger partial charge in [-0.1, -0.05) is 53.4 Å².